The van der Waals surface area contributed by atoms with Crippen molar-refractivity contribution in [3.8, 4) is 0 Å². The Hall–Kier alpha value is -1.90. The van der Waals surface area contributed by atoms with E-state index in [0.29, 0.717) is 28.6 Å². The predicted octanol–water partition coefficient (Wildman–Crippen LogP) is 1.91. The molecule has 2 aromatic rings. The molecule has 1 heterocycles. The highest BCUT2D eigenvalue weighted by Crippen LogP contribution is 2.12. The molecule has 3 nitrogen and oxygen atoms in total. The molecule has 0 fully saturated rings. The molecule has 1 aromatic heterocycles. The van der Waals surface area contributed by atoms with E-state index in [2.05, 4.69) is 0 Å². The minimum absolute atomic E-state index is 0.118. The van der Waals surface area contributed by atoms with Gasteiger partial charge in [-0.25, -0.2) is 0 Å². The smallest absolute Gasteiger partial charge is 0.192 e. The SMILES string of the molecule is Cc1cc(=O)c2cc(C=O)ccc2o1. The normalized spacial score (nSPS) is 10.4. The molecule has 14 heavy (non-hydrogen) atoms. The third-order valence-electron chi connectivity index (χ3n) is 2.01. The van der Waals surface area contributed by atoms with Crippen LogP contribution in [0.3, 0.4) is 0 Å². The lowest BCUT2D eigenvalue weighted by atomic mass is 10.1. The van der Waals surface area contributed by atoms with E-state index in [1.807, 2.05) is 0 Å². The summed E-state index contributed by atoms with van der Waals surface area (Å²) >= 11 is 0. The van der Waals surface area contributed by atoms with Crippen LogP contribution in [0.4, 0.5) is 0 Å². The molecule has 0 saturated carbocycles. The molecule has 0 atom stereocenters. The van der Waals surface area contributed by atoms with Gasteiger partial charge in [0.25, 0.3) is 0 Å². The van der Waals surface area contributed by atoms with E-state index in [1.54, 1.807) is 19.1 Å². The van der Waals surface area contributed by atoms with Crippen molar-refractivity contribution in [2.75, 3.05) is 0 Å². The van der Waals surface area contributed by atoms with Gasteiger partial charge in [0.15, 0.2) is 5.43 Å². The number of aldehydes is 1. The summed E-state index contributed by atoms with van der Waals surface area (Å²) in [6.07, 6.45) is 0.707. The Morgan fingerprint density at radius 3 is 2.79 bits per heavy atom. The lowest BCUT2D eigenvalue weighted by Crippen LogP contribution is -2.00. The third-order valence-corrected chi connectivity index (χ3v) is 2.01. The van der Waals surface area contributed by atoms with E-state index in [0.717, 1.165) is 0 Å². The van der Waals surface area contributed by atoms with Gasteiger partial charge >= 0.3 is 0 Å². The molecule has 0 saturated heterocycles. The second-order valence-corrected chi connectivity index (χ2v) is 3.09. The maximum atomic E-state index is 11.5. The molecule has 0 aliphatic rings. The topological polar surface area (TPSA) is 47.3 Å². The van der Waals surface area contributed by atoms with E-state index < -0.39 is 0 Å². The molecule has 70 valence electrons. The molecule has 0 aliphatic heterocycles. The van der Waals surface area contributed by atoms with Crippen LogP contribution in [0.2, 0.25) is 0 Å². The Bertz CT molecular complexity index is 552. The second kappa shape index (κ2) is 3.10. The molecule has 2 rings (SSSR count). The van der Waals surface area contributed by atoms with Gasteiger partial charge in [0.05, 0.1) is 5.39 Å². The minimum atomic E-state index is -0.118. The molecule has 0 aliphatic carbocycles. The monoisotopic (exact) mass is 188 g/mol. The fourth-order valence-electron chi connectivity index (χ4n) is 1.37. The van der Waals surface area contributed by atoms with Crippen LogP contribution in [0.25, 0.3) is 11.0 Å². The van der Waals surface area contributed by atoms with Crippen LogP contribution in [0.15, 0.2) is 33.5 Å². The summed E-state index contributed by atoms with van der Waals surface area (Å²) in [7, 11) is 0. The van der Waals surface area contributed by atoms with Gasteiger partial charge in [0.2, 0.25) is 0 Å². The van der Waals surface area contributed by atoms with Crippen molar-refractivity contribution < 1.29 is 9.21 Å². The Balaban J connectivity index is 2.89. The second-order valence-electron chi connectivity index (χ2n) is 3.09. The van der Waals surface area contributed by atoms with Crippen molar-refractivity contribution in [2.24, 2.45) is 0 Å². The molecule has 0 amide bonds. The fourth-order valence-corrected chi connectivity index (χ4v) is 1.37. The number of carbonyl (C=O) groups excluding carboxylic acids is 1. The van der Waals surface area contributed by atoms with Gasteiger partial charge in [-0.15, -0.1) is 0 Å². The maximum absolute atomic E-state index is 11.5. The number of carbonyl (C=O) groups is 1. The first-order valence-electron chi connectivity index (χ1n) is 4.20. The van der Waals surface area contributed by atoms with Gasteiger partial charge in [-0.3, -0.25) is 9.59 Å². The highest BCUT2D eigenvalue weighted by Gasteiger charge is 2.02. The Morgan fingerprint density at radius 2 is 2.07 bits per heavy atom. The molecule has 3 heteroatoms. The molecule has 0 unspecified atom stereocenters. The van der Waals surface area contributed by atoms with E-state index in [4.69, 9.17) is 4.42 Å². The van der Waals surface area contributed by atoms with Crippen molar-refractivity contribution >= 4 is 17.3 Å². The zero-order valence-electron chi connectivity index (χ0n) is 7.61. The molecular weight excluding hydrogens is 180 g/mol. The number of benzene rings is 1. The van der Waals surface area contributed by atoms with Gasteiger partial charge in [-0.1, -0.05) is 0 Å². The van der Waals surface area contributed by atoms with Gasteiger partial charge in [0, 0.05) is 11.6 Å². The average molecular weight is 188 g/mol. The zero-order chi connectivity index (χ0) is 10.1. The summed E-state index contributed by atoms with van der Waals surface area (Å²) < 4.78 is 5.33. The lowest BCUT2D eigenvalue weighted by molar-refractivity contribution is 0.112. The van der Waals surface area contributed by atoms with Crippen molar-refractivity contribution in [3.63, 3.8) is 0 Å². The first-order chi connectivity index (χ1) is 6.70. The molecule has 0 bridgehead atoms. The van der Waals surface area contributed by atoms with Crippen LogP contribution in [0, 0.1) is 6.92 Å². The summed E-state index contributed by atoms with van der Waals surface area (Å²) in [5.41, 5.74) is 0.877. The Labute approximate surface area is 80.0 Å². The molecule has 0 N–H and O–H groups in total. The van der Waals surface area contributed by atoms with Gasteiger partial charge in [-0.05, 0) is 25.1 Å². The number of rotatable bonds is 1. The van der Waals surface area contributed by atoms with E-state index in [-0.39, 0.29) is 5.43 Å². The Morgan fingerprint density at radius 1 is 1.29 bits per heavy atom. The summed E-state index contributed by atoms with van der Waals surface area (Å²) in [5.74, 6) is 0.571. The van der Waals surface area contributed by atoms with E-state index in [1.165, 1.54) is 12.1 Å². The van der Waals surface area contributed by atoms with Crippen LogP contribution in [0.5, 0.6) is 0 Å². The number of hydrogen-bond acceptors (Lipinski definition) is 3. The van der Waals surface area contributed by atoms with Gasteiger partial charge < -0.3 is 4.42 Å². The summed E-state index contributed by atoms with van der Waals surface area (Å²) in [6, 6.07) is 6.20. The highest BCUT2D eigenvalue weighted by atomic mass is 16.3. The number of hydrogen-bond donors (Lipinski definition) is 0. The standard InChI is InChI=1S/C11H8O3/c1-7-4-10(13)9-5-8(6-12)2-3-11(9)14-7/h2-6H,1H3. The molecule has 0 spiro atoms. The maximum Gasteiger partial charge on any atom is 0.192 e. The average Bonchev–Trinajstić information content (AvgIpc) is 2.17. The van der Waals surface area contributed by atoms with Crippen molar-refractivity contribution in [3.05, 3.63) is 45.8 Å². The van der Waals surface area contributed by atoms with Crippen molar-refractivity contribution in [2.45, 2.75) is 6.92 Å². The predicted molar refractivity (Wildman–Crippen MR) is 52.6 cm³/mol. The first kappa shape index (κ1) is 8.69. The quantitative estimate of drug-likeness (QED) is 0.642. The first-order valence-corrected chi connectivity index (χ1v) is 4.20. The van der Waals surface area contributed by atoms with Crippen LogP contribution in [-0.2, 0) is 0 Å². The summed E-state index contributed by atoms with van der Waals surface area (Å²) in [5, 5.41) is 0.445. The van der Waals surface area contributed by atoms with Crippen molar-refractivity contribution in [1.29, 1.82) is 0 Å². The zero-order valence-corrected chi connectivity index (χ0v) is 7.61. The van der Waals surface area contributed by atoms with E-state index in [9.17, 15) is 9.59 Å². The largest absolute Gasteiger partial charge is 0.461 e. The van der Waals surface area contributed by atoms with Gasteiger partial charge in [0.1, 0.15) is 17.6 Å². The Kier molecular flexibility index (Phi) is 1.93. The third kappa shape index (κ3) is 1.33. The number of aryl methyl sites for hydroxylation is 1. The molecule has 1 aromatic carbocycles. The fraction of sp³-hybridized carbons (Fsp3) is 0.0909. The van der Waals surface area contributed by atoms with Crippen LogP contribution < -0.4 is 5.43 Å². The van der Waals surface area contributed by atoms with Crippen LogP contribution >= 0.6 is 0 Å². The number of fused-ring (bicyclic) bond motifs is 1. The van der Waals surface area contributed by atoms with Crippen molar-refractivity contribution in [1.82, 2.24) is 0 Å². The summed E-state index contributed by atoms with van der Waals surface area (Å²) in [6.45, 7) is 1.72. The van der Waals surface area contributed by atoms with Crippen LogP contribution in [-0.4, -0.2) is 6.29 Å². The summed E-state index contributed by atoms with van der Waals surface area (Å²) in [4.78, 5) is 22.0. The van der Waals surface area contributed by atoms with Gasteiger partial charge in [-0.2, -0.15) is 0 Å². The van der Waals surface area contributed by atoms with Crippen LogP contribution in [0.1, 0.15) is 16.1 Å². The highest BCUT2D eigenvalue weighted by molar-refractivity contribution is 5.85. The lowest BCUT2D eigenvalue weighted by Gasteiger charge is -1.98. The molecular formula is C11H8O3. The molecule has 0 radical (unpaired) electrons. The van der Waals surface area contributed by atoms with E-state index >= 15 is 0 Å². The minimum Gasteiger partial charge on any atom is -0.461 e.